The van der Waals surface area contributed by atoms with Crippen LogP contribution in [-0.4, -0.2) is 96.7 Å². The Morgan fingerprint density at radius 3 is 0.978 bits per heavy atom. The van der Waals surface area contributed by atoms with E-state index in [9.17, 15) is 43.2 Å². The topological polar surface area (TPSA) is 237 Å². The molecule has 0 aliphatic carbocycles. The molecule has 0 aliphatic rings. The van der Waals surface area contributed by atoms with Crippen molar-refractivity contribution >= 4 is 39.5 Å². The van der Waals surface area contributed by atoms with Gasteiger partial charge in [-0.05, 0) is 69.1 Å². The van der Waals surface area contributed by atoms with Gasteiger partial charge in [-0.2, -0.15) is 0 Å². The van der Waals surface area contributed by atoms with Crippen molar-refractivity contribution < 1.29 is 80.2 Å². The third kappa shape index (κ3) is 64.6. The molecule has 0 rings (SSSR count). The first-order valence-electron chi connectivity index (χ1n) is 36.7. The summed E-state index contributed by atoms with van der Waals surface area (Å²) in [5.74, 6) is 0.0533. The average molecular weight is 1340 g/mol. The molecule has 0 aromatic rings. The first-order valence-corrected chi connectivity index (χ1v) is 39.7. The summed E-state index contributed by atoms with van der Waals surface area (Å²) in [6.07, 6.45) is 49.5. The molecule has 0 aliphatic heterocycles. The van der Waals surface area contributed by atoms with Crippen molar-refractivity contribution in [3.8, 4) is 0 Å². The molecule has 0 aromatic carbocycles. The number of phosphoric acid groups is 2. The highest BCUT2D eigenvalue weighted by atomic mass is 31.2. The van der Waals surface area contributed by atoms with Crippen LogP contribution in [0.1, 0.15) is 337 Å². The van der Waals surface area contributed by atoms with E-state index in [1.165, 1.54) is 128 Å². The van der Waals surface area contributed by atoms with Gasteiger partial charge in [0.25, 0.3) is 0 Å². The summed E-state index contributed by atoms with van der Waals surface area (Å²) < 4.78 is 68.3. The summed E-state index contributed by atoms with van der Waals surface area (Å²) >= 11 is 0. The van der Waals surface area contributed by atoms with Crippen molar-refractivity contribution in [2.75, 3.05) is 39.6 Å². The van der Waals surface area contributed by atoms with Gasteiger partial charge in [-0.15, -0.1) is 0 Å². The molecule has 0 radical (unpaired) electrons. The molecule has 19 heteroatoms. The number of hydrogen-bond donors (Lipinski definition) is 3. The fourth-order valence-corrected chi connectivity index (χ4v) is 11.9. The van der Waals surface area contributed by atoms with E-state index in [0.717, 1.165) is 121 Å². The van der Waals surface area contributed by atoms with Gasteiger partial charge in [-0.3, -0.25) is 37.3 Å². The fraction of sp³-hybridized carbons (Fsp3) is 0.889. The lowest BCUT2D eigenvalue weighted by Gasteiger charge is -2.21. The summed E-state index contributed by atoms with van der Waals surface area (Å²) in [5, 5.41) is 10.6. The summed E-state index contributed by atoms with van der Waals surface area (Å²) in [6, 6.07) is 0. The third-order valence-electron chi connectivity index (χ3n) is 16.4. The molecule has 3 N–H and O–H groups in total. The number of aliphatic hydroxyl groups excluding tert-OH is 1. The Hall–Kier alpha value is -2.46. The molecule has 0 amide bonds. The van der Waals surface area contributed by atoms with E-state index in [1.807, 2.05) is 0 Å². The van der Waals surface area contributed by atoms with Crippen molar-refractivity contribution in [3.05, 3.63) is 24.3 Å². The Bertz CT molecular complexity index is 1880. The second-order valence-electron chi connectivity index (χ2n) is 26.5. The predicted octanol–water partition coefficient (Wildman–Crippen LogP) is 20.2. The van der Waals surface area contributed by atoms with Gasteiger partial charge < -0.3 is 33.8 Å². The second-order valence-corrected chi connectivity index (χ2v) is 29.4. The van der Waals surface area contributed by atoms with Gasteiger partial charge in [0.05, 0.1) is 26.4 Å². The highest BCUT2D eigenvalue weighted by Gasteiger charge is 2.30. The van der Waals surface area contributed by atoms with Gasteiger partial charge >= 0.3 is 39.5 Å². The molecule has 0 fully saturated rings. The molecule has 536 valence electrons. The molecule has 0 heterocycles. The van der Waals surface area contributed by atoms with Crippen LogP contribution in [0.3, 0.4) is 0 Å². The average Bonchev–Trinajstić information content (AvgIpc) is 3.72. The van der Waals surface area contributed by atoms with E-state index in [4.69, 9.17) is 37.0 Å². The van der Waals surface area contributed by atoms with Crippen molar-refractivity contribution in [2.24, 2.45) is 17.8 Å². The monoisotopic (exact) mass is 1330 g/mol. The summed E-state index contributed by atoms with van der Waals surface area (Å²) in [5.41, 5.74) is 0. The van der Waals surface area contributed by atoms with Crippen molar-refractivity contribution in [1.82, 2.24) is 0 Å². The maximum Gasteiger partial charge on any atom is 0.472 e. The molecule has 6 atom stereocenters. The van der Waals surface area contributed by atoms with Gasteiger partial charge in [0.2, 0.25) is 0 Å². The van der Waals surface area contributed by atoms with Crippen LogP contribution in [0.15, 0.2) is 24.3 Å². The van der Waals surface area contributed by atoms with E-state index in [1.54, 1.807) is 0 Å². The minimum absolute atomic E-state index is 0.0836. The Morgan fingerprint density at radius 1 is 0.363 bits per heavy atom. The van der Waals surface area contributed by atoms with Gasteiger partial charge in [0, 0.05) is 25.7 Å². The third-order valence-corrected chi connectivity index (χ3v) is 18.3. The van der Waals surface area contributed by atoms with Gasteiger partial charge in [-0.1, -0.05) is 285 Å². The van der Waals surface area contributed by atoms with E-state index in [-0.39, 0.29) is 25.7 Å². The number of phosphoric ester groups is 2. The number of unbranched alkanes of at least 4 members (excludes halogenated alkanes) is 32. The lowest BCUT2D eigenvalue weighted by molar-refractivity contribution is -0.161. The first-order chi connectivity index (χ1) is 43.8. The quantitative estimate of drug-likeness (QED) is 0.0169. The molecule has 3 unspecified atom stereocenters. The van der Waals surface area contributed by atoms with Crippen LogP contribution in [0, 0.1) is 17.8 Å². The SMILES string of the molecule is CCCCCC/C=C\C=C/CCCCCCCC(=O)O[C@H](COC(=O)CCCCCCCCC(C)CC)COP(=O)(O)OC[C@H](O)COP(=O)(O)OC[C@@H](COC(=O)CCCCCCCCCCCCCCCC(C)C)OC(=O)CCCCCCCCCC(C)C. The molecule has 0 spiro atoms. The number of esters is 4. The Labute approximate surface area is 554 Å². The fourth-order valence-electron chi connectivity index (χ4n) is 10.3. The zero-order chi connectivity index (χ0) is 67.3. The molecule has 0 bridgehead atoms. The number of ether oxygens (including phenoxy) is 4. The highest BCUT2D eigenvalue weighted by Crippen LogP contribution is 2.45. The normalized spacial score (nSPS) is 14.6. The Morgan fingerprint density at radius 2 is 0.648 bits per heavy atom. The van der Waals surface area contributed by atoms with E-state index in [0.29, 0.717) is 31.6 Å². The van der Waals surface area contributed by atoms with Gasteiger partial charge in [0.15, 0.2) is 12.2 Å². The molecular weight excluding hydrogens is 1200 g/mol. The summed E-state index contributed by atoms with van der Waals surface area (Å²) in [7, 11) is -9.92. The first kappa shape index (κ1) is 88.5. The highest BCUT2D eigenvalue weighted by molar-refractivity contribution is 7.47. The summed E-state index contributed by atoms with van der Waals surface area (Å²) in [4.78, 5) is 72.6. The second kappa shape index (κ2) is 62.4. The minimum atomic E-state index is -4.96. The lowest BCUT2D eigenvalue weighted by atomic mass is 10.00. The van der Waals surface area contributed by atoms with E-state index >= 15 is 0 Å². The van der Waals surface area contributed by atoms with Crippen LogP contribution >= 0.6 is 15.6 Å². The number of aliphatic hydroxyl groups is 1. The number of hydrogen-bond acceptors (Lipinski definition) is 15. The molecule has 0 aromatic heterocycles. The maximum absolute atomic E-state index is 13.0. The maximum atomic E-state index is 13.0. The van der Waals surface area contributed by atoms with Crippen LogP contribution in [0.2, 0.25) is 0 Å². The minimum Gasteiger partial charge on any atom is -0.462 e. The van der Waals surface area contributed by atoms with Gasteiger partial charge in [0.1, 0.15) is 19.3 Å². The van der Waals surface area contributed by atoms with Crippen LogP contribution in [0.4, 0.5) is 0 Å². The number of rotatable bonds is 68. The number of carbonyl (C=O) groups excluding carboxylic acids is 4. The van der Waals surface area contributed by atoms with Crippen LogP contribution in [0.25, 0.3) is 0 Å². The van der Waals surface area contributed by atoms with Crippen LogP contribution in [0.5, 0.6) is 0 Å². The van der Waals surface area contributed by atoms with E-state index in [2.05, 4.69) is 72.8 Å². The number of carbonyl (C=O) groups is 4. The molecule has 17 nitrogen and oxygen atoms in total. The van der Waals surface area contributed by atoms with Crippen molar-refractivity contribution in [1.29, 1.82) is 0 Å². The Kier molecular flexibility index (Phi) is 60.7. The Balaban J connectivity index is 5.25. The zero-order valence-corrected chi connectivity index (χ0v) is 60.6. The van der Waals surface area contributed by atoms with Crippen LogP contribution < -0.4 is 0 Å². The smallest absolute Gasteiger partial charge is 0.462 e. The lowest BCUT2D eigenvalue weighted by Crippen LogP contribution is -2.30. The van der Waals surface area contributed by atoms with Gasteiger partial charge in [-0.25, -0.2) is 9.13 Å². The van der Waals surface area contributed by atoms with Crippen molar-refractivity contribution in [2.45, 2.75) is 356 Å². The standard InChI is InChI=1S/C72H136O17P2/c1-8-10-11-12-13-14-15-16-17-20-24-27-32-41-48-55-71(76)88-68(60-83-70(75)54-47-40-35-34-38-45-52-65(7)9-2)62-87-91(80,81)85-58-66(73)57-84-90(78,79)86-61-67(89-72(77)56-49-42-33-28-30-37-44-51-64(5)6)59-82-69(74)53-46-39-31-26-23-21-18-19-22-25-29-36-43-50-63(3)4/h14-17,63-68,73H,8-13,18-62H2,1-7H3,(H,78,79)(H,80,81)/b15-14-,17-16-/t65?,66-,67-,68-/m1/s1. The molecular formula is C72H136O17P2. The van der Waals surface area contributed by atoms with Crippen LogP contribution in [-0.2, 0) is 65.4 Å². The molecule has 91 heavy (non-hydrogen) atoms. The summed E-state index contributed by atoms with van der Waals surface area (Å²) in [6.45, 7) is 11.7. The van der Waals surface area contributed by atoms with Crippen molar-refractivity contribution in [3.63, 3.8) is 0 Å². The molecule has 0 saturated carbocycles. The largest absolute Gasteiger partial charge is 0.472 e. The predicted molar refractivity (Wildman–Crippen MR) is 367 cm³/mol. The zero-order valence-electron chi connectivity index (χ0n) is 58.8. The van der Waals surface area contributed by atoms with E-state index < -0.39 is 97.5 Å². The molecule has 0 saturated heterocycles. The number of allylic oxidation sites excluding steroid dienone is 4.